The molecule has 1 fully saturated rings. The minimum absolute atomic E-state index is 0.00208. The first kappa shape index (κ1) is 31.4. The Balaban J connectivity index is 1.56. The molecule has 0 aromatic heterocycles. The summed E-state index contributed by atoms with van der Waals surface area (Å²) in [5.74, 6) is -7.45. The third-order valence-corrected chi connectivity index (χ3v) is 6.95. The molecular formula is C30H33F3N2O6. The zero-order valence-corrected chi connectivity index (χ0v) is 22.8. The summed E-state index contributed by atoms with van der Waals surface area (Å²) in [6.45, 7) is 4.57. The Morgan fingerprint density at radius 1 is 1.10 bits per heavy atom. The summed E-state index contributed by atoms with van der Waals surface area (Å²) in [5.41, 5.74) is 0.361. The van der Waals surface area contributed by atoms with E-state index in [0.717, 1.165) is 0 Å². The highest BCUT2D eigenvalue weighted by Gasteiger charge is 2.30. The Labute approximate surface area is 236 Å². The van der Waals surface area contributed by atoms with Crippen LogP contribution in [-0.4, -0.2) is 54.8 Å². The highest BCUT2D eigenvalue weighted by atomic mass is 19.2. The fraction of sp³-hybridized carbons (Fsp3) is 0.400. The van der Waals surface area contributed by atoms with Gasteiger partial charge in [0.25, 0.3) is 0 Å². The predicted molar refractivity (Wildman–Crippen MR) is 145 cm³/mol. The molecule has 0 bridgehead atoms. The summed E-state index contributed by atoms with van der Waals surface area (Å²) in [6, 6.07) is 9.14. The fourth-order valence-corrected chi connectivity index (χ4v) is 4.54. The summed E-state index contributed by atoms with van der Waals surface area (Å²) in [5, 5.41) is 2.82. The lowest BCUT2D eigenvalue weighted by molar-refractivity contribution is -0.146. The van der Waals surface area contributed by atoms with Crippen molar-refractivity contribution in [2.75, 3.05) is 31.6 Å². The van der Waals surface area contributed by atoms with Crippen LogP contribution in [-0.2, 0) is 19.1 Å². The van der Waals surface area contributed by atoms with E-state index in [1.165, 1.54) is 13.0 Å². The Hall–Kier alpha value is -4.15. The number of piperidine rings is 1. The lowest BCUT2D eigenvalue weighted by atomic mass is 9.87. The number of Topliss-reactive ketones (excluding diaryl/α,β-unsaturated/α-hetero) is 2. The lowest BCUT2D eigenvalue weighted by Crippen LogP contribution is -2.42. The molecule has 220 valence electrons. The molecule has 1 N–H and O–H groups in total. The summed E-state index contributed by atoms with van der Waals surface area (Å²) >= 11 is 0. The molecule has 1 atom stereocenters. The smallest absolute Gasteiger partial charge is 0.321 e. The number of urea groups is 1. The normalized spacial score (nSPS) is 14.2. The van der Waals surface area contributed by atoms with Crippen molar-refractivity contribution >= 4 is 29.3 Å². The number of hydrogen-bond donors (Lipinski definition) is 1. The second-order valence-electron chi connectivity index (χ2n) is 9.80. The van der Waals surface area contributed by atoms with Crippen LogP contribution in [0.1, 0.15) is 37.7 Å². The number of rotatable bonds is 13. The number of nitrogens with zero attached hydrogens (tertiary/aromatic N) is 1. The molecule has 3 rings (SSSR count). The second kappa shape index (κ2) is 15.0. The fourth-order valence-electron chi connectivity index (χ4n) is 4.54. The standard InChI is InChI=1S/C30H33F3N2O6/c1-3-15-40-27(38)16-21(26(37)18-41-29-19(2)23(31)17-24(32)28(29)33)9-10-25(36)20-11-13-35(14-12-20)30(39)34-22-7-5-4-6-8-22/h3-8,17,20-21H,1,9-16,18H2,2H3,(H,34,39)/t21-/m0/s1. The molecule has 41 heavy (non-hydrogen) atoms. The first-order chi connectivity index (χ1) is 19.6. The lowest BCUT2D eigenvalue weighted by Gasteiger charge is -2.31. The van der Waals surface area contributed by atoms with Gasteiger partial charge in [0, 0.05) is 48.7 Å². The number of nitrogens with one attached hydrogen (secondary N) is 1. The number of benzene rings is 2. The largest absolute Gasteiger partial charge is 0.482 e. The van der Waals surface area contributed by atoms with Crippen molar-refractivity contribution in [3.05, 3.63) is 72.1 Å². The van der Waals surface area contributed by atoms with E-state index in [9.17, 15) is 32.3 Å². The summed E-state index contributed by atoms with van der Waals surface area (Å²) in [4.78, 5) is 52.3. The zero-order chi connectivity index (χ0) is 29.9. The van der Waals surface area contributed by atoms with E-state index in [0.29, 0.717) is 37.7 Å². The molecule has 1 aliphatic heterocycles. The van der Waals surface area contributed by atoms with Gasteiger partial charge in [-0.25, -0.2) is 13.6 Å². The van der Waals surface area contributed by atoms with Gasteiger partial charge in [0.15, 0.2) is 17.3 Å². The van der Waals surface area contributed by atoms with Gasteiger partial charge in [-0.15, -0.1) is 0 Å². The molecule has 1 saturated heterocycles. The van der Waals surface area contributed by atoms with Gasteiger partial charge in [-0.05, 0) is 38.3 Å². The van der Waals surface area contributed by atoms with Crippen molar-refractivity contribution < 1.29 is 41.8 Å². The molecule has 0 unspecified atom stereocenters. The first-order valence-electron chi connectivity index (χ1n) is 13.3. The van der Waals surface area contributed by atoms with E-state index >= 15 is 0 Å². The Kier molecular flexibility index (Phi) is 11.5. The predicted octanol–water partition coefficient (Wildman–Crippen LogP) is 5.39. The van der Waals surface area contributed by atoms with Gasteiger partial charge in [0.05, 0.1) is 6.42 Å². The molecule has 0 aliphatic carbocycles. The van der Waals surface area contributed by atoms with Crippen LogP contribution in [0.5, 0.6) is 5.75 Å². The van der Waals surface area contributed by atoms with Gasteiger partial charge in [-0.3, -0.25) is 14.4 Å². The average molecular weight is 575 g/mol. The molecule has 2 aromatic carbocycles. The Morgan fingerprint density at radius 3 is 2.44 bits per heavy atom. The number of carbonyl (C=O) groups excluding carboxylic acids is 4. The SMILES string of the molecule is C=CCOC(=O)C[C@H](CCC(=O)C1CCN(C(=O)Nc2ccccc2)CC1)C(=O)COc1c(C)c(F)cc(F)c1F. The van der Waals surface area contributed by atoms with Crippen molar-refractivity contribution in [3.63, 3.8) is 0 Å². The summed E-state index contributed by atoms with van der Waals surface area (Å²) in [6.07, 6.45) is 1.88. The molecule has 2 amide bonds. The maximum atomic E-state index is 14.2. The minimum Gasteiger partial charge on any atom is -0.482 e. The van der Waals surface area contributed by atoms with E-state index in [2.05, 4.69) is 11.9 Å². The van der Waals surface area contributed by atoms with Crippen LogP contribution in [0.2, 0.25) is 0 Å². The van der Waals surface area contributed by atoms with Crippen molar-refractivity contribution in [3.8, 4) is 5.75 Å². The number of amides is 2. The number of para-hydroxylation sites is 1. The monoisotopic (exact) mass is 574 g/mol. The van der Waals surface area contributed by atoms with Crippen molar-refractivity contribution in [1.82, 2.24) is 4.90 Å². The molecular weight excluding hydrogens is 541 g/mol. The average Bonchev–Trinajstić information content (AvgIpc) is 2.97. The Morgan fingerprint density at radius 2 is 1.78 bits per heavy atom. The number of esters is 1. The Bertz CT molecular complexity index is 1240. The molecule has 0 radical (unpaired) electrons. The highest BCUT2D eigenvalue weighted by Crippen LogP contribution is 2.28. The third-order valence-electron chi connectivity index (χ3n) is 6.95. The molecule has 0 spiro atoms. The van der Waals surface area contributed by atoms with Crippen LogP contribution in [0.25, 0.3) is 0 Å². The summed E-state index contributed by atoms with van der Waals surface area (Å²) < 4.78 is 51.7. The minimum atomic E-state index is -1.46. The zero-order valence-electron chi connectivity index (χ0n) is 22.8. The molecule has 1 aliphatic rings. The number of carbonyl (C=O) groups is 4. The second-order valence-corrected chi connectivity index (χ2v) is 9.80. The number of likely N-dealkylation sites (tertiary alicyclic amines) is 1. The van der Waals surface area contributed by atoms with Gasteiger partial charge in [0.1, 0.15) is 24.8 Å². The van der Waals surface area contributed by atoms with Crippen LogP contribution >= 0.6 is 0 Å². The molecule has 1 heterocycles. The van der Waals surface area contributed by atoms with E-state index in [4.69, 9.17) is 9.47 Å². The molecule has 0 saturated carbocycles. The summed E-state index contributed by atoms with van der Waals surface area (Å²) in [7, 11) is 0. The van der Waals surface area contributed by atoms with Crippen molar-refractivity contribution in [1.29, 1.82) is 0 Å². The van der Waals surface area contributed by atoms with Gasteiger partial charge < -0.3 is 19.7 Å². The van der Waals surface area contributed by atoms with Crippen molar-refractivity contribution in [2.24, 2.45) is 11.8 Å². The number of anilines is 1. The van der Waals surface area contributed by atoms with Crippen molar-refractivity contribution in [2.45, 2.75) is 39.0 Å². The quantitative estimate of drug-likeness (QED) is 0.196. The molecule has 2 aromatic rings. The van der Waals surface area contributed by atoms with Gasteiger partial charge in [0.2, 0.25) is 5.82 Å². The van der Waals surface area contributed by atoms with Crippen LogP contribution in [0.3, 0.4) is 0 Å². The van der Waals surface area contributed by atoms with Gasteiger partial charge >= 0.3 is 12.0 Å². The topological polar surface area (TPSA) is 102 Å². The number of ether oxygens (including phenoxy) is 2. The van der Waals surface area contributed by atoms with Gasteiger partial charge in [-0.1, -0.05) is 30.9 Å². The maximum absolute atomic E-state index is 14.2. The maximum Gasteiger partial charge on any atom is 0.321 e. The number of halogens is 3. The third kappa shape index (κ3) is 8.92. The highest BCUT2D eigenvalue weighted by molar-refractivity contribution is 5.90. The van der Waals surface area contributed by atoms with Crippen LogP contribution in [0.4, 0.5) is 23.7 Å². The van der Waals surface area contributed by atoms with Crippen LogP contribution in [0.15, 0.2) is 49.1 Å². The molecule has 11 heteroatoms. The number of hydrogen-bond acceptors (Lipinski definition) is 6. The van der Waals surface area contributed by atoms with E-state index in [1.54, 1.807) is 17.0 Å². The van der Waals surface area contributed by atoms with E-state index in [-0.39, 0.29) is 49.2 Å². The van der Waals surface area contributed by atoms with Crippen LogP contribution < -0.4 is 10.1 Å². The van der Waals surface area contributed by atoms with Gasteiger partial charge in [-0.2, -0.15) is 4.39 Å². The van der Waals surface area contributed by atoms with E-state index < -0.39 is 47.5 Å². The van der Waals surface area contributed by atoms with Crippen LogP contribution in [0, 0.1) is 36.2 Å². The van der Waals surface area contributed by atoms with E-state index in [1.807, 2.05) is 18.2 Å². The molecule has 8 nitrogen and oxygen atoms in total. The first-order valence-corrected chi connectivity index (χ1v) is 13.3. The number of ketones is 2.